The minimum atomic E-state index is -0.820. The number of carbonyl (C=O) groups excluding carboxylic acids is 2. The molecular weight excluding hydrogens is 294 g/mol. The van der Waals surface area contributed by atoms with Crippen LogP contribution in [0.25, 0.3) is 10.8 Å². The number of nitrogens with one attached hydrogen (secondary N) is 1. The number of hydrogen-bond donors (Lipinski definition) is 1. The van der Waals surface area contributed by atoms with E-state index in [0.717, 1.165) is 16.3 Å². The quantitative estimate of drug-likeness (QED) is 0.627. The molecule has 0 aliphatic heterocycles. The molecule has 122 valence electrons. The Bertz CT molecular complexity index is 684. The van der Waals surface area contributed by atoms with E-state index in [4.69, 9.17) is 9.47 Å². The lowest BCUT2D eigenvalue weighted by molar-refractivity contribution is -0.154. The first kappa shape index (κ1) is 17.0. The number of rotatable bonds is 7. The van der Waals surface area contributed by atoms with Crippen molar-refractivity contribution in [1.29, 1.82) is 0 Å². The van der Waals surface area contributed by atoms with Gasteiger partial charge < -0.3 is 14.8 Å². The average molecular weight is 315 g/mol. The second-order valence-electron chi connectivity index (χ2n) is 5.27. The predicted octanol–water partition coefficient (Wildman–Crippen LogP) is 2.08. The van der Waals surface area contributed by atoms with Crippen molar-refractivity contribution in [3.8, 4) is 0 Å². The van der Waals surface area contributed by atoms with Gasteiger partial charge in [0.1, 0.15) is 0 Å². The molecule has 0 bridgehead atoms. The van der Waals surface area contributed by atoms with Gasteiger partial charge in [-0.1, -0.05) is 42.5 Å². The SMILES string of the molecule is COCCNC(=O)[C@@H](C)OC(=O)Cc1ccc2ccccc2c1. The van der Waals surface area contributed by atoms with Gasteiger partial charge in [0, 0.05) is 13.7 Å². The van der Waals surface area contributed by atoms with E-state index in [2.05, 4.69) is 5.32 Å². The molecule has 0 unspecified atom stereocenters. The highest BCUT2D eigenvalue weighted by atomic mass is 16.5. The zero-order valence-electron chi connectivity index (χ0n) is 13.4. The van der Waals surface area contributed by atoms with Gasteiger partial charge in [-0.05, 0) is 23.3 Å². The Balaban J connectivity index is 1.89. The summed E-state index contributed by atoms with van der Waals surface area (Å²) in [6, 6.07) is 13.8. The molecule has 0 spiro atoms. The van der Waals surface area contributed by atoms with Crippen molar-refractivity contribution in [3.63, 3.8) is 0 Å². The minimum absolute atomic E-state index is 0.139. The van der Waals surface area contributed by atoms with Gasteiger partial charge in [-0.3, -0.25) is 9.59 Å². The molecule has 1 amide bonds. The summed E-state index contributed by atoms with van der Waals surface area (Å²) in [6.07, 6.45) is -0.680. The highest BCUT2D eigenvalue weighted by Gasteiger charge is 2.17. The molecule has 0 fully saturated rings. The summed E-state index contributed by atoms with van der Waals surface area (Å²) in [5.41, 5.74) is 0.862. The molecule has 1 N–H and O–H groups in total. The number of esters is 1. The number of amides is 1. The maximum atomic E-state index is 12.0. The predicted molar refractivity (Wildman–Crippen MR) is 88.1 cm³/mol. The average Bonchev–Trinajstić information content (AvgIpc) is 2.54. The van der Waals surface area contributed by atoms with Crippen LogP contribution in [0.3, 0.4) is 0 Å². The fourth-order valence-electron chi connectivity index (χ4n) is 2.23. The number of methoxy groups -OCH3 is 1. The molecule has 0 aliphatic carbocycles. The zero-order valence-corrected chi connectivity index (χ0v) is 13.4. The normalized spacial score (nSPS) is 11.9. The Kier molecular flexibility index (Phi) is 6.11. The van der Waals surface area contributed by atoms with Crippen LogP contribution in [0.15, 0.2) is 42.5 Å². The standard InChI is InChI=1S/C18H21NO4/c1-13(18(21)19-9-10-22-2)23-17(20)12-14-7-8-15-5-3-4-6-16(15)11-14/h3-8,11,13H,9-10,12H2,1-2H3,(H,19,21)/t13-/m1/s1. The molecule has 1 atom stereocenters. The molecule has 0 saturated carbocycles. The van der Waals surface area contributed by atoms with E-state index in [-0.39, 0.29) is 12.3 Å². The molecule has 0 aliphatic rings. The highest BCUT2D eigenvalue weighted by molar-refractivity contribution is 5.86. The molecule has 2 aromatic rings. The van der Waals surface area contributed by atoms with Gasteiger partial charge in [0.05, 0.1) is 13.0 Å². The van der Waals surface area contributed by atoms with Gasteiger partial charge in [-0.15, -0.1) is 0 Å². The molecular formula is C18H21NO4. The first-order chi connectivity index (χ1) is 11.1. The number of fused-ring (bicyclic) bond motifs is 1. The third-order valence-corrected chi connectivity index (χ3v) is 3.45. The lowest BCUT2D eigenvalue weighted by atomic mass is 10.1. The Hall–Kier alpha value is -2.40. The van der Waals surface area contributed by atoms with E-state index in [9.17, 15) is 9.59 Å². The molecule has 23 heavy (non-hydrogen) atoms. The molecule has 2 rings (SSSR count). The van der Waals surface area contributed by atoms with E-state index in [1.807, 2.05) is 42.5 Å². The zero-order chi connectivity index (χ0) is 16.7. The third kappa shape index (κ3) is 5.07. The second kappa shape index (κ2) is 8.29. The van der Waals surface area contributed by atoms with Crippen LogP contribution in [0.1, 0.15) is 12.5 Å². The fourth-order valence-corrected chi connectivity index (χ4v) is 2.23. The van der Waals surface area contributed by atoms with Crippen molar-refractivity contribution in [2.45, 2.75) is 19.4 Å². The Labute approximate surface area is 135 Å². The summed E-state index contributed by atoms with van der Waals surface area (Å²) in [4.78, 5) is 23.7. The van der Waals surface area contributed by atoms with Gasteiger partial charge >= 0.3 is 5.97 Å². The minimum Gasteiger partial charge on any atom is -0.452 e. The lowest BCUT2D eigenvalue weighted by Crippen LogP contribution is -2.37. The van der Waals surface area contributed by atoms with E-state index in [1.54, 1.807) is 14.0 Å². The topological polar surface area (TPSA) is 64.6 Å². The van der Waals surface area contributed by atoms with Crippen molar-refractivity contribution < 1.29 is 19.1 Å². The molecule has 5 nitrogen and oxygen atoms in total. The molecule has 0 aromatic heterocycles. The maximum Gasteiger partial charge on any atom is 0.311 e. The third-order valence-electron chi connectivity index (χ3n) is 3.45. The van der Waals surface area contributed by atoms with Crippen molar-refractivity contribution >= 4 is 22.6 Å². The summed E-state index contributed by atoms with van der Waals surface area (Å²) in [7, 11) is 1.55. The van der Waals surface area contributed by atoms with Gasteiger partial charge in [-0.2, -0.15) is 0 Å². The summed E-state index contributed by atoms with van der Waals surface area (Å²) in [5.74, 6) is -0.747. The summed E-state index contributed by atoms with van der Waals surface area (Å²) in [6.45, 7) is 2.37. The highest BCUT2D eigenvalue weighted by Crippen LogP contribution is 2.16. The van der Waals surface area contributed by atoms with E-state index >= 15 is 0 Å². The van der Waals surface area contributed by atoms with Crippen molar-refractivity contribution in [2.75, 3.05) is 20.3 Å². The number of carbonyl (C=O) groups is 2. The van der Waals surface area contributed by atoms with E-state index < -0.39 is 12.1 Å². The maximum absolute atomic E-state index is 12.0. The Morgan fingerprint density at radius 2 is 1.87 bits per heavy atom. The van der Waals surface area contributed by atoms with Crippen molar-refractivity contribution in [3.05, 3.63) is 48.0 Å². The van der Waals surface area contributed by atoms with Crippen LogP contribution in [0.5, 0.6) is 0 Å². The molecule has 5 heteroatoms. The van der Waals surface area contributed by atoms with Gasteiger partial charge in [-0.25, -0.2) is 0 Å². The molecule has 0 saturated heterocycles. The van der Waals surface area contributed by atoms with Crippen LogP contribution < -0.4 is 5.32 Å². The van der Waals surface area contributed by atoms with E-state index in [0.29, 0.717) is 13.2 Å². The van der Waals surface area contributed by atoms with Gasteiger partial charge in [0.15, 0.2) is 6.10 Å². The van der Waals surface area contributed by atoms with Gasteiger partial charge in [0.2, 0.25) is 0 Å². The van der Waals surface area contributed by atoms with Crippen LogP contribution in [0.2, 0.25) is 0 Å². The number of hydrogen-bond acceptors (Lipinski definition) is 4. The molecule has 2 aromatic carbocycles. The first-order valence-corrected chi connectivity index (χ1v) is 7.54. The molecule has 0 radical (unpaired) electrons. The van der Waals surface area contributed by atoms with Crippen molar-refractivity contribution in [2.24, 2.45) is 0 Å². The summed E-state index contributed by atoms with van der Waals surface area (Å²) >= 11 is 0. The Morgan fingerprint density at radius 3 is 2.61 bits per heavy atom. The largest absolute Gasteiger partial charge is 0.452 e. The first-order valence-electron chi connectivity index (χ1n) is 7.54. The fraction of sp³-hybridized carbons (Fsp3) is 0.333. The monoisotopic (exact) mass is 315 g/mol. The summed E-state index contributed by atoms with van der Waals surface area (Å²) in [5, 5.41) is 4.83. The van der Waals surface area contributed by atoms with Crippen molar-refractivity contribution in [1.82, 2.24) is 5.32 Å². The Morgan fingerprint density at radius 1 is 1.13 bits per heavy atom. The van der Waals surface area contributed by atoms with Crippen LogP contribution in [-0.4, -0.2) is 38.2 Å². The van der Waals surface area contributed by atoms with E-state index in [1.165, 1.54) is 0 Å². The number of ether oxygens (including phenoxy) is 2. The second-order valence-corrected chi connectivity index (χ2v) is 5.27. The number of benzene rings is 2. The molecule has 0 heterocycles. The van der Waals surface area contributed by atoms with Crippen LogP contribution in [0, 0.1) is 0 Å². The van der Waals surface area contributed by atoms with Gasteiger partial charge in [0.25, 0.3) is 5.91 Å². The lowest BCUT2D eigenvalue weighted by Gasteiger charge is -2.13. The van der Waals surface area contributed by atoms with Crippen LogP contribution in [0.4, 0.5) is 0 Å². The summed E-state index contributed by atoms with van der Waals surface area (Å²) < 4.78 is 10.0. The van der Waals surface area contributed by atoms with Crippen LogP contribution in [-0.2, 0) is 25.5 Å². The van der Waals surface area contributed by atoms with Crippen LogP contribution >= 0.6 is 0 Å². The smallest absolute Gasteiger partial charge is 0.311 e.